The second-order valence-electron chi connectivity index (χ2n) is 4.73. The molecule has 86 valence electrons. The number of rotatable bonds is 2. The Bertz CT molecular complexity index is 388. The van der Waals surface area contributed by atoms with E-state index in [2.05, 4.69) is 19.2 Å². The minimum atomic E-state index is -0.563. The molecule has 1 fully saturated rings. The van der Waals surface area contributed by atoms with Crippen LogP contribution in [0.4, 0.5) is 4.79 Å². The van der Waals surface area contributed by atoms with Gasteiger partial charge in [-0.1, -0.05) is 44.2 Å². The summed E-state index contributed by atoms with van der Waals surface area (Å²) in [7, 11) is 0. The summed E-state index contributed by atoms with van der Waals surface area (Å²) in [5.74, 6) is 0.330. The fourth-order valence-corrected chi connectivity index (χ4v) is 2.36. The zero-order valence-electron chi connectivity index (χ0n) is 9.86. The van der Waals surface area contributed by atoms with Gasteiger partial charge in [-0.25, -0.2) is 4.79 Å². The summed E-state index contributed by atoms with van der Waals surface area (Å²) in [5, 5.41) is 2.88. The maximum atomic E-state index is 11.4. The largest absolute Gasteiger partial charge is 0.436 e. The summed E-state index contributed by atoms with van der Waals surface area (Å²) >= 11 is 0. The maximum absolute atomic E-state index is 11.4. The molecule has 2 unspecified atom stereocenters. The van der Waals surface area contributed by atoms with Gasteiger partial charge in [-0.15, -0.1) is 0 Å². The highest BCUT2D eigenvalue weighted by Crippen LogP contribution is 2.36. The van der Waals surface area contributed by atoms with Crippen LogP contribution in [0.15, 0.2) is 30.3 Å². The second-order valence-corrected chi connectivity index (χ2v) is 4.73. The molecule has 0 bridgehead atoms. The SMILES string of the molecule is CC(C)C1NC(=O)OC1(C)c1ccccc1. The number of hydrogen-bond acceptors (Lipinski definition) is 2. The Morgan fingerprint density at radius 2 is 1.94 bits per heavy atom. The standard InChI is InChI=1S/C13H17NO2/c1-9(2)11-13(3,16-12(15)14-11)10-7-5-4-6-8-10/h4-9,11H,1-3H3,(H,14,15). The Labute approximate surface area is 95.8 Å². The van der Waals surface area contributed by atoms with Crippen LogP contribution in [0.1, 0.15) is 26.3 Å². The normalized spacial score (nSPS) is 29.0. The number of hydrogen-bond donors (Lipinski definition) is 1. The first-order valence-corrected chi connectivity index (χ1v) is 5.59. The van der Waals surface area contributed by atoms with Crippen molar-refractivity contribution in [1.82, 2.24) is 5.32 Å². The summed E-state index contributed by atoms with van der Waals surface area (Å²) < 4.78 is 5.46. The highest BCUT2D eigenvalue weighted by atomic mass is 16.6. The van der Waals surface area contributed by atoms with Gasteiger partial charge < -0.3 is 10.1 Å². The molecule has 1 amide bonds. The van der Waals surface area contributed by atoms with Crippen LogP contribution < -0.4 is 5.32 Å². The van der Waals surface area contributed by atoms with E-state index < -0.39 is 5.60 Å². The van der Waals surface area contributed by atoms with Crippen LogP contribution in [0, 0.1) is 5.92 Å². The van der Waals surface area contributed by atoms with Crippen LogP contribution in [0.2, 0.25) is 0 Å². The minimum Gasteiger partial charge on any atom is -0.436 e. The molecular weight excluding hydrogens is 202 g/mol. The third-order valence-corrected chi connectivity index (χ3v) is 3.19. The quantitative estimate of drug-likeness (QED) is 0.830. The number of carbonyl (C=O) groups excluding carboxylic acids is 1. The third kappa shape index (κ3) is 1.66. The summed E-state index contributed by atoms with van der Waals surface area (Å²) in [5.41, 5.74) is 0.471. The Balaban J connectivity index is 2.39. The molecule has 2 rings (SSSR count). The van der Waals surface area contributed by atoms with Crippen molar-refractivity contribution in [3.8, 4) is 0 Å². The van der Waals surface area contributed by atoms with Gasteiger partial charge in [-0.3, -0.25) is 0 Å². The monoisotopic (exact) mass is 219 g/mol. The summed E-state index contributed by atoms with van der Waals surface area (Å²) in [6, 6.07) is 9.89. The van der Waals surface area contributed by atoms with Crippen LogP contribution in [-0.2, 0) is 10.3 Å². The number of amides is 1. The van der Waals surface area contributed by atoms with Gasteiger partial charge in [-0.2, -0.15) is 0 Å². The van der Waals surface area contributed by atoms with Gasteiger partial charge in [0.2, 0.25) is 0 Å². The molecule has 3 heteroatoms. The fraction of sp³-hybridized carbons (Fsp3) is 0.462. The first-order chi connectivity index (χ1) is 7.54. The number of ether oxygens (including phenoxy) is 1. The van der Waals surface area contributed by atoms with E-state index in [9.17, 15) is 4.79 Å². The summed E-state index contributed by atoms with van der Waals surface area (Å²) in [6.45, 7) is 6.13. The number of carbonyl (C=O) groups is 1. The zero-order valence-corrected chi connectivity index (χ0v) is 9.86. The molecule has 1 aromatic carbocycles. The molecule has 0 aliphatic carbocycles. The first kappa shape index (κ1) is 11.0. The highest BCUT2D eigenvalue weighted by Gasteiger charge is 2.47. The zero-order chi connectivity index (χ0) is 11.8. The lowest BCUT2D eigenvalue weighted by atomic mass is 9.83. The molecule has 3 nitrogen and oxygen atoms in total. The molecule has 0 spiro atoms. The van der Waals surface area contributed by atoms with Crippen molar-refractivity contribution in [2.45, 2.75) is 32.4 Å². The van der Waals surface area contributed by atoms with Crippen molar-refractivity contribution in [3.05, 3.63) is 35.9 Å². The van der Waals surface area contributed by atoms with Gasteiger partial charge in [0, 0.05) is 0 Å². The minimum absolute atomic E-state index is 0.0161. The van der Waals surface area contributed by atoms with Crippen LogP contribution >= 0.6 is 0 Å². The molecule has 2 atom stereocenters. The van der Waals surface area contributed by atoms with Crippen LogP contribution in [0.5, 0.6) is 0 Å². The van der Waals surface area contributed by atoms with E-state index in [0.717, 1.165) is 5.56 Å². The van der Waals surface area contributed by atoms with Crippen molar-refractivity contribution in [2.75, 3.05) is 0 Å². The third-order valence-electron chi connectivity index (χ3n) is 3.19. The number of nitrogens with one attached hydrogen (secondary N) is 1. The molecule has 1 N–H and O–H groups in total. The maximum Gasteiger partial charge on any atom is 0.408 e. The lowest BCUT2D eigenvalue weighted by Crippen LogP contribution is -2.42. The van der Waals surface area contributed by atoms with Crippen molar-refractivity contribution in [2.24, 2.45) is 5.92 Å². The Morgan fingerprint density at radius 1 is 1.31 bits per heavy atom. The van der Waals surface area contributed by atoms with E-state index in [1.54, 1.807) is 0 Å². The first-order valence-electron chi connectivity index (χ1n) is 5.59. The topological polar surface area (TPSA) is 38.3 Å². The number of alkyl carbamates (subject to hydrolysis) is 1. The average Bonchev–Trinajstić information content (AvgIpc) is 2.57. The fourth-order valence-electron chi connectivity index (χ4n) is 2.36. The average molecular weight is 219 g/mol. The van der Waals surface area contributed by atoms with Crippen molar-refractivity contribution in [1.29, 1.82) is 0 Å². The van der Waals surface area contributed by atoms with E-state index in [1.165, 1.54) is 0 Å². The summed E-state index contributed by atoms with van der Waals surface area (Å²) in [6.07, 6.45) is -0.329. The van der Waals surface area contributed by atoms with Crippen molar-refractivity contribution >= 4 is 6.09 Å². The van der Waals surface area contributed by atoms with E-state index in [-0.39, 0.29) is 12.1 Å². The van der Waals surface area contributed by atoms with Gasteiger partial charge in [-0.05, 0) is 18.4 Å². The molecule has 1 aliphatic heterocycles. The van der Waals surface area contributed by atoms with Gasteiger partial charge in [0.05, 0.1) is 6.04 Å². The van der Waals surface area contributed by atoms with Gasteiger partial charge in [0.15, 0.2) is 5.60 Å². The predicted octanol–water partition coefficient (Wildman–Crippen LogP) is 2.67. The molecular formula is C13H17NO2. The molecule has 1 aliphatic rings. The van der Waals surface area contributed by atoms with Gasteiger partial charge in [0.25, 0.3) is 0 Å². The Morgan fingerprint density at radius 3 is 2.50 bits per heavy atom. The van der Waals surface area contributed by atoms with E-state index in [0.29, 0.717) is 5.92 Å². The molecule has 0 saturated carbocycles. The van der Waals surface area contributed by atoms with E-state index >= 15 is 0 Å². The Kier molecular flexibility index (Phi) is 2.62. The molecule has 1 aromatic rings. The number of cyclic esters (lactones) is 1. The van der Waals surface area contributed by atoms with E-state index in [4.69, 9.17) is 4.74 Å². The van der Waals surface area contributed by atoms with Crippen molar-refractivity contribution < 1.29 is 9.53 Å². The lowest BCUT2D eigenvalue weighted by Gasteiger charge is -2.31. The highest BCUT2D eigenvalue weighted by molar-refractivity contribution is 5.71. The molecule has 1 saturated heterocycles. The molecule has 0 aromatic heterocycles. The molecule has 16 heavy (non-hydrogen) atoms. The van der Waals surface area contributed by atoms with Gasteiger partial charge >= 0.3 is 6.09 Å². The van der Waals surface area contributed by atoms with Crippen LogP contribution in [0.25, 0.3) is 0 Å². The predicted molar refractivity (Wildman–Crippen MR) is 62.0 cm³/mol. The Hall–Kier alpha value is -1.51. The van der Waals surface area contributed by atoms with E-state index in [1.807, 2.05) is 37.3 Å². The van der Waals surface area contributed by atoms with Gasteiger partial charge in [0.1, 0.15) is 0 Å². The number of benzene rings is 1. The molecule has 1 heterocycles. The van der Waals surface area contributed by atoms with Crippen LogP contribution in [-0.4, -0.2) is 12.1 Å². The summed E-state index contributed by atoms with van der Waals surface area (Å²) in [4.78, 5) is 11.4. The smallest absolute Gasteiger partial charge is 0.408 e. The second kappa shape index (κ2) is 3.81. The lowest BCUT2D eigenvalue weighted by molar-refractivity contribution is 0.0395. The van der Waals surface area contributed by atoms with Crippen molar-refractivity contribution in [3.63, 3.8) is 0 Å². The molecule has 0 radical (unpaired) electrons. The van der Waals surface area contributed by atoms with Crippen LogP contribution in [0.3, 0.4) is 0 Å².